The Balaban J connectivity index is 3.32. The second kappa shape index (κ2) is 5.96. The van der Waals surface area contributed by atoms with Crippen molar-refractivity contribution in [2.75, 3.05) is 20.7 Å². The third-order valence-corrected chi connectivity index (χ3v) is 4.05. The Labute approximate surface area is 118 Å². The summed E-state index contributed by atoms with van der Waals surface area (Å²) in [5.74, 6) is 0.985. The van der Waals surface area contributed by atoms with E-state index in [-0.39, 0.29) is 10.8 Å². The SMILES string of the molecule is CCC(C)(CNC)c1ccc(OC)c(C(C)(C)C)c1. The van der Waals surface area contributed by atoms with Crippen molar-refractivity contribution in [3.05, 3.63) is 29.3 Å². The zero-order valence-electron chi connectivity index (χ0n) is 13.6. The number of benzene rings is 1. The minimum Gasteiger partial charge on any atom is -0.496 e. The van der Waals surface area contributed by atoms with Crippen molar-refractivity contribution < 1.29 is 4.74 Å². The van der Waals surface area contributed by atoms with Crippen LogP contribution in [-0.2, 0) is 10.8 Å². The van der Waals surface area contributed by atoms with Gasteiger partial charge < -0.3 is 10.1 Å². The second-order valence-electron chi connectivity index (χ2n) is 6.61. The van der Waals surface area contributed by atoms with Crippen molar-refractivity contribution in [1.82, 2.24) is 5.32 Å². The van der Waals surface area contributed by atoms with Gasteiger partial charge in [0.05, 0.1) is 7.11 Å². The van der Waals surface area contributed by atoms with E-state index in [1.165, 1.54) is 11.1 Å². The summed E-state index contributed by atoms with van der Waals surface area (Å²) in [6, 6.07) is 6.63. The average molecular weight is 263 g/mol. The highest BCUT2D eigenvalue weighted by atomic mass is 16.5. The van der Waals surface area contributed by atoms with Gasteiger partial charge in [-0.3, -0.25) is 0 Å². The number of likely N-dealkylation sites (N-methyl/N-ethyl adjacent to an activating group) is 1. The highest BCUT2D eigenvalue weighted by molar-refractivity contribution is 5.44. The molecule has 1 aromatic rings. The molecule has 2 nitrogen and oxygen atoms in total. The Morgan fingerprint density at radius 2 is 1.79 bits per heavy atom. The van der Waals surface area contributed by atoms with Crippen molar-refractivity contribution in [2.45, 2.75) is 51.9 Å². The van der Waals surface area contributed by atoms with Crippen LogP contribution in [-0.4, -0.2) is 20.7 Å². The minimum absolute atomic E-state index is 0.0929. The molecule has 19 heavy (non-hydrogen) atoms. The lowest BCUT2D eigenvalue weighted by molar-refractivity contribution is 0.393. The summed E-state index contributed by atoms with van der Waals surface area (Å²) in [4.78, 5) is 0. The Hall–Kier alpha value is -1.02. The summed E-state index contributed by atoms with van der Waals surface area (Å²) in [6.07, 6.45) is 1.11. The van der Waals surface area contributed by atoms with Gasteiger partial charge in [-0.1, -0.05) is 46.8 Å². The first-order chi connectivity index (χ1) is 8.78. The van der Waals surface area contributed by atoms with Gasteiger partial charge in [-0.15, -0.1) is 0 Å². The quantitative estimate of drug-likeness (QED) is 0.870. The van der Waals surface area contributed by atoms with E-state index in [0.29, 0.717) is 0 Å². The Bertz CT molecular complexity index is 420. The van der Waals surface area contributed by atoms with Gasteiger partial charge in [0.15, 0.2) is 0 Å². The van der Waals surface area contributed by atoms with Crippen LogP contribution in [0, 0.1) is 0 Å². The summed E-state index contributed by atoms with van der Waals surface area (Å²) in [7, 11) is 3.76. The van der Waals surface area contributed by atoms with Gasteiger partial charge in [0, 0.05) is 12.0 Å². The van der Waals surface area contributed by atoms with E-state index in [0.717, 1.165) is 18.7 Å². The van der Waals surface area contributed by atoms with E-state index >= 15 is 0 Å². The molecule has 108 valence electrons. The fourth-order valence-electron chi connectivity index (χ4n) is 2.49. The molecule has 0 bridgehead atoms. The standard InChI is InChI=1S/C17H29NO/c1-8-17(5,12-18-6)13-9-10-15(19-7)14(11-13)16(2,3)4/h9-11,18H,8,12H2,1-7H3. The van der Waals surface area contributed by atoms with Crippen molar-refractivity contribution >= 4 is 0 Å². The molecule has 0 aliphatic heterocycles. The molecule has 0 saturated carbocycles. The van der Waals surface area contributed by atoms with E-state index in [4.69, 9.17) is 4.74 Å². The summed E-state index contributed by atoms with van der Waals surface area (Å²) in [5, 5.41) is 3.31. The average Bonchev–Trinajstić information content (AvgIpc) is 2.37. The van der Waals surface area contributed by atoms with Crippen LogP contribution in [0.4, 0.5) is 0 Å². The lowest BCUT2D eigenvalue weighted by Crippen LogP contribution is -2.33. The van der Waals surface area contributed by atoms with Gasteiger partial charge >= 0.3 is 0 Å². The van der Waals surface area contributed by atoms with Crippen molar-refractivity contribution in [1.29, 1.82) is 0 Å². The molecule has 1 N–H and O–H groups in total. The normalized spacial score (nSPS) is 15.1. The predicted molar refractivity (Wildman–Crippen MR) is 83.3 cm³/mol. The third-order valence-electron chi connectivity index (χ3n) is 4.05. The molecule has 0 fully saturated rings. The summed E-state index contributed by atoms with van der Waals surface area (Å²) in [5.41, 5.74) is 2.93. The van der Waals surface area contributed by atoms with E-state index in [1.807, 2.05) is 7.05 Å². The number of methoxy groups -OCH3 is 1. The highest BCUT2D eigenvalue weighted by Gasteiger charge is 2.27. The van der Waals surface area contributed by atoms with Crippen molar-refractivity contribution in [3.63, 3.8) is 0 Å². The molecule has 0 saturated heterocycles. The minimum atomic E-state index is 0.0929. The van der Waals surface area contributed by atoms with Crippen LogP contribution in [0.2, 0.25) is 0 Å². The Morgan fingerprint density at radius 3 is 2.21 bits per heavy atom. The monoisotopic (exact) mass is 263 g/mol. The molecule has 0 spiro atoms. The van der Waals surface area contributed by atoms with Crippen LogP contribution in [0.3, 0.4) is 0 Å². The highest BCUT2D eigenvalue weighted by Crippen LogP contribution is 2.36. The van der Waals surface area contributed by atoms with Crippen LogP contribution < -0.4 is 10.1 Å². The topological polar surface area (TPSA) is 21.3 Å². The van der Waals surface area contributed by atoms with Gasteiger partial charge in [-0.25, -0.2) is 0 Å². The molecule has 0 aliphatic carbocycles. The number of hydrogen-bond donors (Lipinski definition) is 1. The van der Waals surface area contributed by atoms with Gasteiger partial charge in [0.25, 0.3) is 0 Å². The van der Waals surface area contributed by atoms with Crippen LogP contribution >= 0.6 is 0 Å². The fourth-order valence-corrected chi connectivity index (χ4v) is 2.49. The molecule has 0 heterocycles. The Kier molecular flexibility index (Phi) is 5.03. The van der Waals surface area contributed by atoms with Crippen LogP contribution in [0.25, 0.3) is 0 Å². The van der Waals surface area contributed by atoms with Crippen molar-refractivity contribution in [3.8, 4) is 5.75 Å². The largest absolute Gasteiger partial charge is 0.496 e. The lowest BCUT2D eigenvalue weighted by Gasteiger charge is -2.31. The zero-order chi connectivity index (χ0) is 14.7. The molecule has 1 unspecified atom stereocenters. The molecular weight excluding hydrogens is 234 g/mol. The smallest absolute Gasteiger partial charge is 0.122 e. The number of nitrogens with one attached hydrogen (secondary N) is 1. The molecule has 1 aromatic carbocycles. The molecule has 2 heteroatoms. The second-order valence-corrected chi connectivity index (χ2v) is 6.61. The maximum atomic E-state index is 5.52. The molecule has 0 aliphatic rings. The lowest BCUT2D eigenvalue weighted by atomic mass is 9.76. The first-order valence-corrected chi connectivity index (χ1v) is 7.12. The fraction of sp³-hybridized carbons (Fsp3) is 0.647. The number of rotatable bonds is 5. The van der Waals surface area contributed by atoms with Gasteiger partial charge in [-0.05, 0) is 36.1 Å². The number of hydrogen-bond acceptors (Lipinski definition) is 2. The molecule has 0 radical (unpaired) electrons. The zero-order valence-corrected chi connectivity index (χ0v) is 13.6. The first-order valence-electron chi connectivity index (χ1n) is 7.12. The van der Waals surface area contributed by atoms with E-state index < -0.39 is 0 Å². The maximum absolute atomic E-state index is 5.52. The first kappa shape index (κ1) is 16.0. The molecule has 1 rings (SSSR count). The van der Waals surface area contributed by atoms with Gasteiger partial charge in [0.2, 0.25) is 0 Å². The van der Waals surface area contributed by atoms with Crippen LogP contribution in [0.1, 0.15) is 52.2 Å². The van der Waals surface area contributed by atoms with Gasteiger partial charge in [0.1, 0.15) is 5.75 Å². The summed E-state index contributed by atoms with van der Waals surface area (Å²) < 4.78 is 5.52. The third kappa shape index (κ3) is 3.50. The molecule has 0 aromatic heterocycles. The molecule has 0 amide bonds. The van der Waals surface area contributed by atoms with Crippen molar-refractivity contribution in [2.24, 2.45) is 0 Å². The van der Waals surface area contributed by atoms with Crippen LogP contribution in [0.15, 0.2) is 18.2 Å². The van der Waals surface area contributed by atoms with E-state index in [9.17, 15) is 0 Å². The van der Waals surface area contributed by atoms with E-state index in [1.54, 1.807) is 7.11 Å². The molecular formula is C17H29NO. The van der Waals surface area contributed by atoms with E-state index in [2.05, 4.69) is 58.1 Å². The maximum Gasteiger partial charge on any atom is 0.122 e. The van der Waals surface area contributed by atoms with Gasteiger partial charge in [-0.2, -0.15) is 0 Å². The summed E-state index contributed by atoms with van der Waals surface area (Å²) in [6.45, 7) is 12.2. The summed E-state index contributed by atoms with van der Waals surface area (Å²) >= 11 is 0. The Morgan fingerprint density at radius 1 is 1.16 bits per heavy atom. The predicted octanol–water partition coefficient (Wildman–Crippen LogP) is 3.88. The van der Waals surface area contributed by atoms with Crippen LogP contribution in [0.5, 0.6) is 5.75 Å². The number of ether oxygens (including phenoxy) is 1. The molecule has 1 atom stereocenters.